The molecule has 2 N–H and O–H groups in total. The lowest BCUT2D eigenvalue weighted by Crippen LogP contribution is -2.47. The third kappa shape index (κ3) is 4.69. The molecule has 7 nitrogen and oxygen atoms in total. The molecule has 0 spiro atoms. The summed E-state index contributed by atoms with van der Waals surface area (Å²) >= 11 is 0. The van der Waals surface area contributed by atoms with E-state index in [1.54, 1.807) is 30.3 Å². The molecule has 1 aliphatic heterocycles. The van der Waals surface area contributed by atoms with Crippen LogP contribution in [0.15, 0.2) is 54.9 Å². The van der Waals surface area contributed by atoms with E-state index in [-0.39, 0.29) is 24.1 Å². The summed E-state index contributed by atoms with van der Waals surface area (Å²) in [4.78, 5) is 42.5. The van der Waals surface area contributed by atoms with E-state index < -0.39 is 12.0 Å². The molecule has 0 bridgehead atoms. The van der Waals surface area contributed by atoms with Crippen molar-refractivity contribution in [3.63, 3.8) is 0 Å². The molecule has 7 heteroatoms. The molecular weight excluding hydrogens is 344 g/mol. The molecule has 27 heavy (non-hydrogen) atoms. The number of aromatic nitrogens is 1. The molecule has 2 atom stereocenters. The maximum Gasteiger partial charge on any atom is 0.242 e. The fraction of sp³-hybridized carbons (Fsp3) is 0.300. The zero-order valence-electron chi connectivity index (χ0n) is 15.1. The Morgan fingerprint density at radius 1 is 1.22 bits per heavy atom. The minimum Gasteiger partial charge on any atom is -0.350 e. The first-order chi connectivity index (χ1) is 13.0. The monoisotopic (exact) mass is 366 g/mol. The molecule has 0 unspecified atom stereocenters. The van der Waals surface area contributed by atoms with Crippen LogP contribution in [0, 0.1) is 5.92 Å². The van der Waals surface area contributed by atoms with Crippen LogP contribution in [-0.2, 0) is 20.9 Å². The number of pyridine rings is 1. The number of hydrogen-bond acceptors (Lipinski definition) is 4. The molecule has 3 rings (SSSR count). The third-order valence-electron chi connectivity index (χ3n) is 4.51. The molecule has 0 radical (unpaired) electrons. The van der Waals surface area contributed by atoms with Gasteiger partial charge in [0.1, 0.15) is 6.04 Å². The van der Waals surface area contributed by atoms with Crippen molar-refractivity contribution < 1.29 is 14.4 Å². The van der Waals surface area contributed by atoms with E-state index in [9.17, 15) is 14.4 Å². The normalized spacial score (nSPS) is 17.4. The van der Waals surface area contributed by atoms with E-state index >= 15 is 0 Å². The number of nitrogens with one attached hydrogen (secondary N) is 2. The van der Waals surface area contributed by atoms with Crippen LogP contribution < -0.4 is 15.5 Å². The van der Waals surface area contributed by atoms with Crippen LogP contribution in [0.25, 0.3) is 0 Å². The summed E-state index contributed by atoms with van der Waals surface area (Å²) in [5.74, 6) is -1.12. The second-order valence-electron chi connectivity index (χ2n) is 6.55. The van der Waals surface area contributed by atoms with Gasteiger partial charge in [0.25, 0.3) is 0 Å². The summed E-state index contributed by atoms with van der Waals surface area (Å²) in [7, 11) is 0. The minimum absolute atomic E-state index is 0.0879. The smallest absolute Gasteiger partial charge is 0.242 e. The van der Waals surface area contributed by atoms with Crippen molar-refractivity contribution in [3.8, 4) is 0 Å². The number of rotatable bonds is 6. The lowest BCUT2D eigenvalue weighted by Gasteiger charge is -2.18. The van der Waals surface area contributed by atoms with Crippen LogP contribution in [0.3, 0.4) is 0 Å². The number of amides is 3. The molecule has 1 aliphatic rings. The Balaban J connectivity index is 1.51. The Labute approximate surface area is 157 Å². The van der Waals surface area contributed by atoms with Crippen molar-refractivity contribution in [2.24, 2.45) is 5.92 Å². The summed E-state index contributed by atoms with van der Waals surface area (Å²) in [6, 6.07) is 12.2. The molecule has 2 aromatic rings. The van der Waals surface area contributed by atoms with E-state index in [1.165, 1.54) is 0 Å². The number of benzene rings is 1. The molecule has 1 saturated heterocycles. The van der Waals surface area contributed by atoms with Gasteiger partial charge < -0.3 is 15.5 Å². The van der Waals surface area contributed by atoms with Crippen molar-refractivity contribution in [2.45, 2.75) is 25.9 Å². The van der Waals surface area contributed by atoms with Gasteiger partial charge in [0.15, 0.2) is 0 Å². The number of carbonyl (C=O) groups is 3. The van der Waals surface area contributed by atoms with Crippen LogP contribution in [0.5, 0.6) is 0 Å². The molecule has 2 heterocycles. The van der Waals surface area contributed by atoms with E-state index in [0.29, 0.717) is 13.1 Å². The Bertz CT molecular complexity index is 810. The van der Waals surface area contributed by atoms with Gasteiger partial charge in [-0.2, -0.15) is 0 Å². The predicted molar refractivity (Wildman–Crippen MR) is 101 cm³/mol. The first-order valence-electron chi connectivity index (χ1n) is 8.87. The fourth-order valence-electron chi connectivity index (χ4n) is 2.98. The average Bonchev–Trinajstić information content (AvgIpc) is 3.09. The van der Waals surface area contributed by atoms with Crippen molar-refractivity contribution in [1.29, 1.82) is 0 Å². The quantitative estimate of drug-likeness (QED) is 0.805. The molecule has 1 aromatic carbocycles. The van der Waals surface area contributed by atoms with Gasteiger partial charge in [-0.05, 0) is 30.7 Å². The maximum absolute atomic E-state index is 12.5. The summed E-state index contributed by atoms with van der Waals surface area (Å²) in [5.41, 5.74) is 1.66. The van der Waals surface area contributed by atoms with E-state index in [2.05, 4.69) is 15.6 Å². The van der Waals surface area contributed by atoms with Crippen molar-refractivity contribution >= 4 is 23.4 Å². The topological polar surface area (TPSA) is 91.4 Å². The van der Waals surface area contributed by atoms with Gasteiger partial charge in [0.2, 0.25) is 17.7 Å². The first-order valence-corrected chi connectivity index (χ1v) is 8.87. The largest absolute Gasteiger partial charge is 0.350 e. The minimum atomic E-state index is -0.685. The van der Waals surface area contributed by atoms with Gasteiger partial charge in [-0.15, -0.1) is 0 Å². The number of para-hydroxylation sites is 1. The second kappa shape index (κ2) is 8.44. The Hall–Kier alpha value is -3.22. The Morgan fingerprint density at radius 3 is 2.70 bits per heavy atom. The first kappa shape index (κ1) is 18.6. The summed E-state index contributed by atoms with van der Waals surface area (Å²) < 4.78 is 0. The molecule has 0 aliphatic carbocycles. The van der Waals surface area contributed by atoms with Crippen LogP contribution in [0.2, 0.25) is 0 Å². The highest BCUT2D eigenvalue weighted by molar-refractivity contribution is 6.01. The number of anilines is 1. The standard InChI is InChI=1S/C20H22N4O3/c1-14(19(26)22-12-15-6-5-9-21-11-15)23-20(27)16-10-18(25)24(13-16)17-7-3-2-4-8-17/h2-9,11,14,16H,10,12-13H2,1H3,(H,22,26)(H,23,27)/t14-,16+/m0/s1. The third-order valence-corrected chi connectivity index (χ3v) is 4.51. The molecule has 1 aromatic heterocycles. The van der Waals surface area contributed by atoms with Gasteiger partial charge in [0.05, 0.1) is 5.92 Å². The van der Waals surface area contributed by atoms with Gasteiger partial charge in [-0.25, -0.2) is 0 Å². The average molecular weight is 366 g/mol. The highest BCUT2D eigenvalue weighted by atomic mass is 16.2. The lowest BCUT2D eigenvalue weighted by atomic mass is 10.1. The van der Waals surface area contributed by atoms with Crippen LogP contribution in [0.4, 0.5) is 5.69 Å². The Morgan fingerprint density at radius 2 is 2.00 bits per heavy atom. The Kier molecular flexibility index (Phi) is 5.80. The highest BCUT2D eigenvalue weighted by Gasteiger charge is 2.35. The van der Waals surface area contributed by atoms with Gasteiger partial charge in [-0.1, -0.05) is 24.3 Å². The van der Waals surface area contributed by atoms with Gasteiger partial charge in [-0.3, -0.25) is 19.4 Å². The van der Waals surface area contributed by atoms with Crippen molar-refractivity contribution in [1.82, 2.24) is 15.6 Å². The van der Waals surface area contributed by atoms with Crippen LogP contribution in [0.1, 0.15) is 18.9 Å². The van der Waals surface area contributed by atoms with E-state index in [4.69, 9.17) is 0 Å². The van der Waals surface area contributed by atoms with Gasteiger partial charge in [0, 0.05) is 37.6 Å². The SMILES string of the molecule is C[C@H](NC(=O)[C@@H]1CC(=O)N(c2ccccc2)C1)C(=O)NCc1cccnc1. The number of carbonyl (C=O) groups excluding carboxylic acids is 3. The molecular formula is C20H22N4O3. The zero-order valence-corrected chi connectivity index (χ0v) is 15.1. The predicted octanol–water partition coefficient (Wildman–Crippen LogP) is 1.26. The fourth-order valence-corrected chi connectivity index (χ4v) is 2.98. The summed E-state index contributed by atoms with van der Waals surface area (Å²) in [6.07, 6.45) is 3.48. The summed E-state index contributed by atoms with van der Waals surface area (Å²) in [5, 5.41) is 5.47. The van der Waals surface area contributed by atoms with E-state index in [0.717, 1.165) is 11.3 Å². The van der Waals surface area contributed by atoms with Gasteiger partial charge >= 0.3 is 0 Å². The lowest BCUT2D eigenvalue weighted by molar-refractivity contribution is -0.131. The second-order valence-corrected chi connectivity index (χ2v) is 6.55. The maximum atomic E-state index is 12.5. The van der Waals surface area contributed by atoms with Crippen molar-refractivity contribution in [2.75, 3.05) is 11.4 Å². The molecule has 0 saturated carbocycles. The number of hydrogen-bond donors (Lipinski definition) is 2. The molecule has 3 amide bonds. The number of nitrogens with zero attached hydrogens (tertiary/aromatic N) is 2. The zero-order chi connectivity index (χ0) is 19.2. The van der Waals surface area contributed by atoms with E-state index in [1.807, 2.05) is 36.4 Å². The van der Waals surface area contributed by atoms with Crippen molar-refractivity contribution in [3.05, 3.63) is 60.4 Å². The molecule has 1 fully saturated rings. The summed E-state index contributed by atoms with van der Waals surface area (Å²) in [6.45, 7) is 2.29. The van der Waals surface area contributed by atoms with Crippen LogP contribution in [-0.4, -0.2) is 35.3 Å². The molecule has 140 valence electrons. The highest BCUT2D eigenvalue weighted by Crippen LogP contribution is 2.24. The van der Waals surface area contributed by atoms with Crippen LogP contribution >= 0.6 is 0 Å².